The van der Waals surface area contributed by atoms with Gasteiger partial charge in [-0.25, -0.2) is 4.98 Å². The zero-order valence-electron chi connectivity index (χ0n) is 19.4. The molecule has 0 aliphatic carbocycles. The van der Waals surface area contributed by atoms with Gasteiger partial charge in [-0.2, -0.15) is 15.0 Å². The molecular weight excluding hydrogens is 416 g/mol. The largest absolute Gasteiger partial charge is 0.508 e. The van der Waals surface area contributed by atoms with Crippen molar-refractivity contribution in [2.75, 3.05) is 65.8 Å². The average Bonchev–Trinajstić information content (AvgIpc) is 2.87. The molecule has 9 nitrogen and oxygen atoms in total. The number of anilines is 4. The van der Waals surface area contributed by atoms with Gasteiger partial charge in [0.05, 0.1) is 0 Å². The minimum absolute atomic E-state index is 0.279. The first-order valence-electron chi connectivity index (χ1n) is 11.6. The van der Waals surface area contributed by atoms with Crippen LogP contribution in [0.4, 0.5) is 23.7 Å². The van der Waals surface area contributed by atoms with Crippen molar-refractivity contribution in [3.63, 3.8) is 0 Å². The Morgan fingerprint density at radius 1 is 0.909 bits per heavy atom. The van der Waals surface area contributed by atoms with Crippen LogP contribution in [0.5, 0.6) is 5.75 Å². The summed E-state index contributed by atoms with van der Waals surface area (Å²) in [5.74, 6) is 3.28. The number of hydrogen-bond acceptors (Lipinski definition) is 9. The first kappa shape index (κ1) is 22.6. The third-order valence-corrected chi connectivity index (χ3v) is 5.83. The number of rotatable bonds is 9. The van der Waals surface area contributed by atoms with Crippen LogP contribution in [-0.2, 0) is 6.42 Å². The van der Waals surface area contributed by atoms with Gasteiger partial charge >= 0.3 is 0 Å². The Balaban J connectivity index is 1.46. The van der Waals surface area contributed by atoms with Crippen molar-refractivity contribution in [3.8, 4) is 5.75 Å². The number of nitrogens with one attached hydrogen (secondary N) is 1. The fourth-order valence-corrected chi connectivity index (χ4v) is 3.88. The number of benzene rings is 1. The van der Waals surface area contributed by atoms with Gasteiger partial charge in [0, 0.05) is 52.0 Å². The van der Waals surface area contributed by atoms with Crippen molar-refractivity contribution in [2.24, 2.45) is 0 Å². The Kier molecular flexibility index (Phi) is 7.39. The first-order valence-corrected chi connectivity index (χ1v) is 11.6. The maximum atomic E-state index is 9.47. The molecule has 174 valence electrons. The maximum absolute atomic E-state index is 9.47. The minimum atomic E-state index is 0.279. The van der Waals surface area contributed by atoms with E-state index in [0.29, 0.717) is 24.4 Å². The zero-order chi connectivity index (χ0) is 23.0. The molecule has 3 aromatic rings. The molecule has 0 saturated carbocycles. The summed E-state index contributed by atoms with van der Waals surface area (Å²) >= 11 is 0. The van der Waals surface area contributed by atoms with Crippen molar-refractivity contribution < 1.29 is 5.11 Å². The van der Waals surface area contributed by atoms with Gasteiger partial charge in [0.2, 0.25) is 17.8 Å². The van der Waals surface area contributed by atoms with Crippen LogP contribution in [0.2, 0.25) is 0 Å². The maximum Gasteiger partial charge on any atom is 0.232 e. The number of phenolic OH excluding ortho intramolecular Hbond substituents is 1. The van der Waals surface area contributed by atoms with E-state index in [1.807, 2.05) is 36.5 Å². The lowest BCUT2D eigenvalue weighted by molar-refractivity contribution is 0.475. The lowest BCUT2D eigenvalue weighted by Gasteiger charge is -2.35. The summed E-state index contributed by atoms with van der Waals surface area (Å²) in [6.45, 7) is 9.96. The molecule has 0 bridgehead atoms. The van der Waals surface area contributed by atoms with Crippen LogP contribution < -0.4 is 20.0 Å². The van der Waals surface area contributed by atoms with E-state index < -0.39 is 0 Å². The molecule has 0 radical (unpaired) electrons. The van der Waals surface area contributed by atoms with Crippen LogP contribution in [0.15, 0.2) is 48.7 Å². The van der Waals surface area contributed by atoms with Crippen molar-refractivity contribution in [3.05, 3.63) is 54.2 Å². The zero-order valence-corrected chi connectivity index (χ0v) is 19.4. The highest BCUT2D eigenvalue weighted by Crippen LogP contribution is 2.20. The van der Waals surface area contributed by atoms with Gasteiger partial charge in [-0.3, -0.25) is 0 Å². The smallest absolute Gasteiger partial charge is 0.232 e. The lowest BCUT2D eigenvalue weighted by atomic mass is 10.1. The number of nitrogens with zero attached hydrogens (tertiary/aromatic N) is 7. The Hall–Kier alpha value is -3.62. The Bertz CT molecular complexity index is 1000. The quantitative estimate of drug-likeness (QED) is 0.512. The fourth-order valence-electron chi connectivity index (χ4n) is 3.88. The molecule has 1 aromatic carbocycles. The number of phenols is 1. The lowest BCUT2D eigenvalue weighted by Crippen LogP contribution is -2.47. The van der Waals surface area contributed by atoms with Crippen molar-refractivity contribution in [2.45, 2.75) is 20.3 Å². The van der Waals surface area contributed by atoms with E-state index in [-0.39, 0.29) is 5.75 Å². The van der Waals surface area contributed by atoms with Gasteiger partial charge < -0.3 is 25.1 Å². The predicted molar refractivity (Wildman–Crippen MR) is 132 cm³/mol. The molecule has 1 aliphatic rings. The SMILES string of the molecule is CCN(CC)c1nc(NCCc2ccc(O)cc2)nc(N2CCN(c3ccccn3)CC2)n1. The number of piperazine rings is 1. The summed E-state index contributed by atoms with van der Waals surface area (Å²) in [5.41, 5.74) is 1.14. The van der Waals surface area contributed by atoms with Crippen molar-refractivity contribution >= 4 is 23.7 Å². The molecule has 9 heteroatoms. The minimum Gasteiger partial charge on any atom is -0.508 e. The molecule has 1 fully saturated rings. The second-order valence-electron chi connectivity index (χ2n) is 7.94. The van der Waals surface area contributed by atoms with Gasteiger partial charge in [-0.05, 0) is 50.1 Å². The van der Waals surface area contributed by atoms with Crippen molar-refractivity contribution in [1.82, 2.24) is 19.9 Å². The number of aromatic hydroxyl groups is 1. The Morgan fingerprint density at radius 2 is 1.64 bits per heavy atom. The summed E-state index contributed by atoms with van der Waals surface area (Å²) in [6, 6.07) is 13.3. The number of pyridine rings is 1. The molecule has 3 heterocycles. The van der Waals surface area contributed by atoms with Gasteiger partial charge in [-0.1, -0.05) is 18.2 Å². The molecule has 1 saturated heterocycles. The van der Waals surface area contributed by atoms with E-state index in [1.165, 1.54) is 0 Å². The second kappa shape index (κ2) is 10.8. The van der Waals surface area contributed by atoms with Crippen LogP contribution in [0.1, 0.15) is 19.4 Å². The third-order valence-electron chi connectivity index (χ3n) is 5.83. The molecule has 0 atom stereocenters. The van der Waals surface area contributed by atoms with E-state index in [9.17, 15) is 5.11 Å². The third kappa shape index (κ3) is 5.79. The normalized spacial score (nSPS) is 13.8. The van der Waals surface area contributed by atoms with E-state index in [1.54, 1.807) is 12.1 Å². The molecule has 2 aromatic heterocycles. The topological polar surface area (TPSA) is 93.5 Å². The summed E-state index contributed by atoms with van der Waals surface area (Å²) in [6.07, 6.45) is 2.64. The summed E-state index contributed by atoms with van der Waals surface area (Å²) in [7, 11) is 0. The summed E-state index contributed by atoms with van der Waals surface area (Å²) in [4.78, 5) is 25.4. The number of hydrogen-bond donors (Lipinski definition) is 2. The number of aromatic nitrogens is 4. The Labute approximate surface area is 195 Å². The predicted octanol–water partition coefficient (Wildman–Crippen LogP) is 2.80. The average molecular weight is 449 g/mol. The molecule has 2 N–H and O–H groups in total. The first-order chi connectivity index (χ1) is 16.2. The summed E-state index contributed by atoms with van der Waals surface area (Å²) < 4.78 is 0. The van der Waals surface area contributed by atoms with Crippen molar-refractivity contribution in [1.29, 1.82) is 0 Å². The molecule has 33 heavy (non-hydrogen) atoms. The van der Waals surface area contributed by atoms with E-state index in [2.05, 4.69) is 43.8 Å². The van der Waals surface area contributed by atoms with Gasteiger partial charge in [0.1, 0.15) is 11.6 Å². The van der Waals surface area contributed by atoms with Crippen LogP contribution in [0.3, 0.4) is 0 Å². The molecule has 4 rings (SSSR count). The second-order valence-corrected chi connectivity index (χ2v) is 7.94. The highest BCUT2D eigenvalue weighted by Gasteiger charge is 2.22. The van der Waals surface area contributed by atoms with E-state index in [0.717, 1.165) is 57.1 Å². The van der Waals surface area contributed by atoms with E-state index in [4.69, 9.17) is 9.97 Å². The standard InChI is InChI=1S/C24H32N8O/c1-3-30(4-2)23-27-22(26-14-12-19-8-10-20(33)11-9-19)28-24(29-23)32-17-15-31(16-18-32)21-7-5-6-13-25-21/h5-11,13,33H,3-4,12,14-18H2,1-2H3,(H,26,27,28,29). The highest BCUT2D eigenvalue weighted by atomic mass is 16.3. The van der Waals surface area contributed by atoms with Gasteiger partial charge in [0.25, 0.3) is 0 Å². The van der Waals surface area contributed by atoms with Crippen LogP contribution in [0.25, 0.3) is 0 Å². The van der Waals surface area contributed by atoms with Crippen LogP contribution in [0, 0.1) is 0 Å². The molecule has 0 spiro atoms. The fraction of sp³-hybridized carbons (Fsp3) is 0.417. The molecule has 1 aliphatic heterocycles. The van der Waals surface area contributed by atoms with Gasteiger partial charge in [-0.15, -0.1) is 0 Å². The molecule has 0 unspecified atom stereocenters. The molecule has 0 amide bonds. The Morgan fingerprint density at radius 3 is 2.30 bits per heavy atom. The highest BCUT2D eigenvalue weighted by molar-refractivity contribution is 5.47. The van der Waals surface area contributed by atoms with E-state index >= 15 is 0 Å². The summed E-state index contributed by atoms with van der Waals surface area (Å²) in [5, 5.41) is 12.8. The van der Waals surface area contributed by atoms with Gasteiger partial charge in [0.15, 0.2) is 0 Å². The monoisotopic (exact) mass is 448 g/mol. The molecular formula is C24H32N8O. The van der Waals surface area contributed by atoms with Crippen LogP contribution >= 0.6 is 0 Å². The van der Waals surface area contributed by atoms with Crippen LogP contribution in [-0.4, -0.2) is 70.9 Å².